The Morgan fingerprint density at radius 3 is 3.07 bits per heavy atom. The summed E-state index contributed by atoms with van der Waals surface area (Å²) in [6.45, 7) is 0. The normalized spacial score (nSPS) is 10.6. The molecule has 1 heterocycles. The summed E-state index contributed by atoms with van der Waals surface area (Å²) >= 11 is 5.60. The quantitative estimate of drug-likeness (QED) is 0.770. The summed E-state index contributed by atoms with van der Waals surface area (Å²) < 4.78 is 0.980. The molecule has 0 atom stereocenters. The standard InChI is InChI=1S/C9H7NO2S2/c11-9(12)4-8-10-6-2-1-5(13)3-7(6)14-8/h1-3,13H,4H2,(H,11,12). The van der Waals surface area contributed by atoms with E-state index in [9.17, 15) is 4.79 Å². The van der Waals surface area contributed by atoms with Crippen molar-refractivity contribution in [2.75, 3.05) is 0 Å². The molecule has 1 aromatic carbocycles. The number of hydrogen-bond donors (Lipinski definition) is 2. The van der Waals surface area contributed by atoms with Crippen molar-refractivity contribution in [3.8, 4) is 0 Å². The Kier molecular flexibility index (Phi) is 2.43. The van der Waals surface area contributed by atoms with Gasteiger partial charge in [0.2, 0.25) is 0 Å². The first kappa shape index (κ1) is 9.48. The van der Waals surface area contributed by atoms with Gasteiger partial charge in [0, 0.05) is 4.90 Å². The topological polar surface area (TPSA) is 50.2 Å². The Balaban J connectivity index is 2.46. The molecule has 0 aliphatic heterocycles. The molecule has 72 valence electrons. The first-order valence-corrected chi connectivity index (χ1v) is 5.22. The lowest BCUT2D eigenvalue weighted by molar-refractivity contribution is -0.136. The number of rotatable bonds is 2. The van der Waals surface area contributed by atoms with Crippen molar-refractivity contribution in [1.29, 1.82) is 0 Å². The van der Waals surface area contributed by atoms with Gasteiger partial charge in [-0.3, -0.25) is 4.79 Å². The molecule has 2 rings (SSSR count). The fraction of sp³-hybridized carbons (Fsp3) is 0.111. The molecule has 0 radical (unpaired) electrons. The van der Waals surface area contributed by atoms with Gasteiger partial charge in [-0.05, 0) is 18.2 Å². The highest BCUT2D eigenvalue weighted by Gasteiger charge is 2.07. The van der Waals surface area contributed by atoms with E-state index in [0.29, 0.717) is 5.01 Å². The van der Waals surface area contributed by atoms with E-state index in [1.54, 1.807) is 0 Å². The molecule has 0 unspecified atom stereocenters. The number of carbonyl (C=O) groups is 1. The summed E-state index contributed by atoms with van der Waals surface area (Å²) in [5.41, 5.74) is 0.837. The van der Waals surface area contributed by atoms with Crippen LogP contribution < -0.4 is 0 Å². The minimum absolute atomic E-state index is 0.0126. The van der Waals surface area contributed by atoms with Crippen LogP contribution in [-0.4, -0.2) is 16.1 Å². The number of benzene rings is 1. The molecular weight excluding hydrogens is 218 g/mol. The monoisotopic (exact) mass is 225 g/mol. The minimum Gasteiger partial charge on any atom is -0.481 e. The average molecular weight is 225 g/mol. The smallest absolute Gasteiger partial charge is 0.310 e. The third-order valence-electron chi connectivity index (χ3n) is 1.72. The van der Waals surface area contributed by atoms with Gasteiger partial charge in [-0.2, -0.15) is 0 Å². The molecule has 0 amide bonds. The van der Waals surface area contributed by atoms with Crippen LogP contribution >= 0.6 is 24.0 Å². The summed E-state index contributed by atoms with van der Waals surface area (Å²) in [4.78, 5) is 15.5. The van der Waals surface area contributed by atoms with Crippen molar-refractivity contribution in [1.82, 2.24) is 4.98 Å². The lowest BCUT2D eigenvalue weighted by Crippen LogP contribution is -1.98. The number of aromatic nitrogens is 1. The van der Waals surface area contributed by atoms with E-state index in [0.717, 1.165) is 15.1 Å². The molecule has 0 spiro atoms. The third-order valence-corrected chi connectivity index (χ3v) is 3.02. The fourth-order valence-corrected chi connectivity index (χ4v) is 2.45. The van der Waals surface area contributed by atoms with Crippen LogP contribution in [0.15, 0.2) is 23.1 Å². The number of carboxylic acid groups (broad SMARTS) is 1. The van der Waals surface area contributed by atoms with E-state index >= 15 is 0 Å². The van der Waals surface area contributed by atoms with Crippen LogP contribution in [0.25, 0.3) is 10.2 Å². The Morgan fingerprint density at radius 1 is 1.57 bits per heavy atom. The summed E-state index contributed by atoms with van der Waals surface area (Å²) in [5, 5.41) is 9.23. The Hall–Kier alpha value is -1.07. The Morgan fingerprint density at radius 2 is 2.36 bits per heavy atom. The van der Waals surface area contributed by atoms with Crippen LogP contribution in [0.5, 0.6) is 0 Å². The van der Waals surface area contributed by atoms with E-state index in [1.165, 1.54) is 11.3 Å². The predicted molar refractivity (Wildman–Crippen MR) is 58.2 cm³/mol. The lowest BCUT2D eigenvalue weighted by atomic mass is 10.3. The van der Waals surface area contributed by atoms with Gasteiger partial charge in [0.1, 0.15) is 5.01 Å². The number of fused-ring (bicyclic) bond motifs is 1. The number of hydrogen-bond acceptors (Lipinski definition) is 4. The number of carboxylic acids is 1. The fourth-order valence-electron chi connectivity index (χ4n) is 1.17. The SMILES string of the molecule is O=C(O)Cc1nc2ccc(S)cc2s1. The zero-order chi connectivity index (χ0) is 10.1. The first-order valence-electron chi connectivity index (χ1n) is 3.95. The van der Waals surface area contributed by atoms with Crippen molar-refractivity contribution in [3.05, 3.63) is 23.2 Å². The third kappa shape index (κ3) is 1.88. The Labute approximate surface area is 89.8 Å². The van der Waals surface area contributed by atoms with Gasteiger partial charge in [-0.25, -0.2) is 4.98 Å². The highest BCUT2D eigenvalue weighted by Crippen LogP contribution is 2.24. The first-order chi connectivity index (χ1) is 6.65. The second kappa shape index (κ2) is 3.59. The zero-order valence-electron chi connectivity index (χ0n) is 7.10. The summed E-state index contributed by atoms with van der Waals surface area (Å²) in [7, 11) is 0. The van der Waals surface area contributed by atoms with Crippen LogP contribution in [0, 0.1) is 0 Å². The Bertz CT molecular complexity index is 493. The van der Waals surface area contributed by atoms with Gasteiger partial charge in [0.25, 0.3) is 0 Å². The maximum absolute atomic E-state index is 10.5. The van der Waals surface area contributed by atoms with Crippen molar-refractivity contribution >= 4 is 40.2 Å². The highest BCUT2D eigenvalue weighted by atomic mass is 32.1. The maximum Gasteiger partial charge on any atom is 0.310 e. The molecule has 0 saturated heterocycles. The molecule has 0 bridgehead atoms. The number of thiazole rings is 1. The maximum atomic E-state index is 10.5. The van der Waals surface area contributed by atoms with Crippen LogP contribution in [0.3, 0.4) is 0 Å². The van der Waals surface area contributed by atoms with Gasteiger partial charge >= 0.3 is 5.97 Å². The van der Waals surface area contributed by atoms with E-state index in [-0.39, 0.29) is 6.42 Å². The second-order valence-corrected chi connectivity index (χ2v) is 4.46. The molecular formula is C9H7NO2S2. The van der Waals surface area contributed by atoms with E-state index in [2.05, 4.69) is 17.6 Å². The van der Waals surface area contributed by atoms with Gasteiger partial charge in [0.15, 0.2) is 0 Å². The molecule has 1 N–H and O–H groups in total. The lowest BCUT2D eigenvalue weighted by Gasteiger charge is -1.87. The zero-order valence-corrected chi connectivity index (χ0v) is 8.81. The molecule has 5 heteroatoms. The van der Waals surface area contributed by atoms with Crippen molar-refractivity contribution < 1.29 is 9.90 Å². The number of aliphatic carboxylic acids is 1. The van der Waals surface area contributed by atoms with Crippen molar-refractivity contribution in [2.45, 2.75) is 11.3 Å². The summed E-state index contributed by atoms with van der Waals surface area (Å²) in [6.07, 6.45) is -0.0126. The molecule has 0 aliphatic rings. The molecule has 1 aromatic heterocycles. The van der Waals surface area contributed by atoms with Gasteiger partial charge in [0.05, 0.1) is 16.6 Å². The van der Waals surface area contributed by atoms with E-state index in [4.69, 9.17) is 5.11 Å². The molecule has 14 heavy (non-hydrogen) atoms. The number of thiol groups is 1. The molecule has 0 saturated carbocycles. The van der Waals surface area contributed by atoms with Gasteiger partial charge in [-0.1, -0.05) is 0 Å². The minimum atomic E-state index is -0.852. The molecule has 0 fully saturated rings. The largest absolute Gasteiger partial charge is 0.481 e. The molecule has 3 nitrogen and oxygen atoms in total. The molecule has 2 aromatic rings. The van der Waals surface area contributed by atoms with Gasteiger partial charge in [-0.15, -0.1) is 24.0 Å². The molecule has 0 aliphatic carbocycles. The average Bonchev–Trinajstić information content (AvgIpc) is 2.44. The predicted octanol–water partition coefficient (Wildman–Crippen LogP) is 2.21. The highest BCUT2D eigenvalue weighted by molar-refractivity contribution is 7.80. The van der Waals surface area contributed by atoms with Crippen LogP contribution in [0.1, 0.15) is 5.01 Å². The van der Waals surface area contributed by atoms with Crippen LogP contribution in [0.4, 0.5) is 0 Å². The van der Waals surface area contributed by atoms with Crippen molar-refractivity contribution in [3.63, 3.8) is 0 Å². The summed E-state index contributed by atoms with van der Waals surface area (Å²) in [6, 6.07) is 5.58. The van der Waals surface area contributed by atoms with Crippen LogP contribution in [-0.2, 0) is 11.2 Å². The van der Waals surface area contributed by atoms with Crippen LogP contribution in [0.2, 0.25) is 0 Å². The van der Waals surface area contributed by atoms with E-state index in [1.807, 2.05) is 18.2 Å². The van der Waals surface area contributed by atoms with Gasteiger partial charge < -0.3 is 5.11 Å². The second-order valence-electron chi connectivity index (χ2n) is 2.83. The summed E-state index contributed by atoms with van der Waals surface area (Å²) in [5.74, 6) is -0.852. The number of nitrogens with zero attached hydrogens (tertiary/aromatic N) is 1. The van der Waals surface area contributed by atoms with E-state index < -0.39 is 5.97 Å². The van der Waals surface area contributed by atoms with Crippen molar-refractivity contribution in [2.24, 2.45) is 0 Å².